The van der Waals surface area contributed by atoms with Gasteiger partial charge in [-0.2, -0.15) is 0 Å². The summed E-state index contributed by atoms with van der Waals surface area (Å²) in [7, 11) is 0. The Balaban J connectivity index is 1.36. The number of anilines is 2. The van der Waals surface area contributed by atoms with Crippen LogP contribution in [0.4, 0.5) is 16.3 Å². The van der Waals surface area contributed by atoms with Gasteiger partial charge in [0.25, 0.3) is 11.8 Å². The molecule has 5 rings (SSSR count). The Labute approximate surface area is 290 Å². The van der Waals surface area contributed by atoms with Crippen LogP contribution in [0.25, 0.3) is 0 Å². The number of pyridine rings is 1. The molecule has 0 bridgehead atoms. The van der Waals surface area contributed by atoms with Crippen LogP contribution in [0.5, 0.6) is 5.75 Å². The van der Waals surface area contributed by atoms with Gasteiger partial charge in [-0.1, -0.05) is 36.2 Å². The largest absolute Gasteiger partial charge is 0.490 e. The minimum Gasteiger partial charge on any atom is -0.490 e. The maximum absolute atomic E-state index is 13.9. The number of nitrogens with one attached hydrogen (secondary N) is 3. The van der Waals surface area contributed by atoms with Crippen LogP contribution in [0.15, 0.2) is 54.7 Å². The normalized spacial score (nSPS) is 16.6. The molecule has 256 valence electrons. The predicted molar refractivity (Wildman–Crippen MR) is 183 cm³/mol. The van der Waals surface area contributed by atoms with Gasteiger partial charge < -0.3 is 34.9 Å². The minimum atomic E-state index is -0.617. The molecule has 3 amide bonds. The number of ether oxygens (including phenoxy) is 4. The molecule has 1 unspecified atom stereocenters. The van der Waals surface area contributed by atoms with Crippen LogP contribution >= 0.6 is 23.2 Å². The SMILES string of the molecule is CC(CNC(=O)OC(C)(C)C)c1ccc(C(=O)Nc2ccc(Cl)cc2C(=O)Nc2ccc(Cl)cn2)c(OC2CCC3(CC2)OCCO3)c1. The summed E-state index contributed by atoms with van der Waals surface area (Å²) in [5.41, 5.74) is 0.904. The van der Waals surface area contributed by atoms with E-state index in [1.54, 1.807) is 51.1 Å². The molecule has 2 fully saturated rings. The number of nitrogens with zero attached hydrogens (tertiary/aromatic N) is 1. The molecule has 0 radical (unpaired) electrons. The summed E-state index contributed by atoms with van der Waals surface area (Å²) >= 11 is 12.2. The second kappa shape index (κ2) is 15.1. The average molecular weight is 700 g/mol. The van der Waals surface area contributed by atoms with Gasteiger partial charge in [-0.25, -0.2) is 9.78 Å². The first-order valence-corrected chi connectivity index (χ1v) is 16.6. The zero-order chi connectivity index (χ0) is 34.5. The fourth-order valence-electron chi connectivity index (χ4n) is 5.55. The summed E-state index contributed by atoms with van der Waals surface area (Å²) in [6.07, 6.45) is 3.45. The molecule has 1 aliphatic heterocycles. The highest BCUT2D eigenvalue weighted by Crippen LogP contribution is 2.38. The minimum absolute atomic E-state index is 0.125. The van der Waals surface area contributed by atoms with E-state index in [-0.39, 0.29) is 34.7 Å². The number of hydrogen-bond donors (Lipinski definition) is 3. The fraction of sp³-hybridized carbons (Fsp3) is 0.429. The lowest BCUT2D eigenvalue weighted by Gasteiger charge is -2.35. The van der Waals surface area contributed by atoms with Crippen molar-refractivity contribution in [1.82, 2.24) is 10.3 Å². The van der Waals surface area contributed by atoms with Gasteiger partial charge in [0, 0.05) is 30.6 Å². The molecule has 1 aromatic heterocycles. The third-order valence-electron chi connectivity index (χ3n) is 8.02. The number of halogens is 2. The first-order chi connectivity index (χ1) is 22.8. The Morgan fingerprint density at radius 2 is 1.62 bits per heavy atom. The van der Waals surface area contributed by atoms with E-state index in [0.29, 0.717) is 61.2 Å². The summed E-state index contributed by atoms with van der Waals surface area (Å²) in [6.45, 7) is 8.84. The number of benzene rings is 2. The number of carbonyl (C=O) groups is 3. The van der Waals surface area contributed by atoms with Crippen LogP contribution in [-0.4, -0.2) is 60.1 Å². The zero-order valence-electron chi connectivity index (χ0n) is 27.4. The number of carbonyl (C=O) groups excluding carboxylic acids is 3. The Morgan fingerprint density at radius 3 is 2.29 bits per heavy atom. The molecule has 1 atom stereocenters. The van der Waals surface area contributed by atoms with Crippen molar-refractivity contribution in [2.24, 2.45) is 0 Å². The van der Waals surface area contributed by atoms with E-state index in [9.17, 15) is 14.4 Å². The van der Waals surface area contributed by atoms with Crippen molar-refractivity contribution in [2.75, 3.05) is 30.4 Å². The Morgan fingerprint density at radius 1 is 0.938 bits per heavy atom. The van der Waals surface area contributed by atoms with Crippen molar-refractivity contribution in [1.29, 1.82) is 0 Å². The number of alkyl carbamates (subject to hydrolysis) is 1. The van der Waals surface area contributed by atoms with Gasteiger partial charge in [0.1, 0.15) is 17.2 Å². The molecule has 48 heavy (non-hydrogen) atoms. The second-order valence-electron chi connectivity index (χ2n) is 12.9. The van der Waals surface area contributed by atoms with E-state index in [2.05, 4.69) is 20.9 Å². The first-order valence-electron chi connectivity index (χ1n) is 15.9. The van der Waals surface area contributed by atoms with Gasteiger partial charge >= 0.3 is 6.09 Å². The van der Waals surface area contributed by atoms with Crippen LogP contribution in [0.2, 0.25) is 10.0 Å². The van der Waals surface area contributed by atoms with Gasteiger partial charge in [0.15, 0.2) is 5.79 Å². The van der Waals surface area contributed by atoms with E-state index in [0.717, 1.165) is 5.56 Å². The number of amides is 3. The summed E-state index contributed by atoms with van der Waals surface area (Å²) in [5, 5.41) is 9.11. The van der Waals surface area contributed by atoms with Crippen LogP contribution in [0.1, 0.15) is 85.6 Å². The number of hydrogen-bond acceptors (Lipinski definition) is 8. The fourth-order valence-corrected chi connectivity index (χ4v) is 5.83. The van der Waals surface area contributed by atoms with E-state index in [1.165, 1.54) is 12.3 Å². The topological polar surface area (TPSA) is 137 Å². The van der Waals surface area contributed by atoms with Crippen LogP contribution < -0.4 is 20.7 Å². The Kier molecular flexibility index (Phi) is 11.1. The smallest absolute Gasteiger partial charge is 0.407 e. The standard InChI is InChI=1S/C35H40Cl2N4O7/c1-21(19-39-33(44)48-34(2,3)4)22-5-8-26(29(17-22)47-25-11-13-35(14-12-25)45-15-16-46-35)31(42)40-28-9-6-23(36)18-27(28)32(43)41-30-10-7-24(37)20-38-30/h5-10,17-18,20-21,25H,11-16,19H2,1-4H3,(H,39,44)(H,40,42)(H,38,41,43). The molecule has 2 heterocycles. The van der Waals surface area contributed by atoms with Gasteiger partial charge in [-0.15, -0.1) is 0 Å². The van der Waals surface area contributed by atoms with Crippen molar-refractivity contribution < 1.29 is 33.3 Å². The number of rotatable bonds is 9. The first kappa shape index (κ1) is 35.4. The van der Waals surface area contributed by atoms with Crippen molar-refractivity contribution in [3.8, 4) is 5.75 Å². The highest BCUT2D eigenvalue weighted by Gasteiger charge is 2.41. The molecule has 1 saturated carbocycles. The van der Waals surface area contributed by atoms with Gasteiger partial charge in [-0.05, 0) is 87.6 Å². The number of aromatic nitrogens is 1. The molecule has 11 nitrogen and oxygen atoms in total. The van der Waals surface area contributed by atoms with E-state index in [1.807, 2.05) is 19.1 Å². The third kappa shape index (κ3) is 9.37. The summed E-state index contributed by atoms with van der Waals surface area (Å²) in [5.74, 6) is -1.02. The van der Waals surface area contributed by atoms with E-state index < -0.39 is 29.3 Å². The lowest BCUT2D eigenvalue weighted by atomic mass is 9.91. The second-order valence-corrected chi connectivity index (χ2v) is 13.8. The molecule has 1 spiro atoms. The molecule has 1 aliphatic carbocycles. The Hall–Kier alpha value is -3.90. The summed E-state index contributed by atoms with van der Waals surface area (Å²) in [6, 6.07) is 13.1. The Bertz CT molecular complexity index is 1630. The average Bonchev–Trinajstić information content (AvgIpc) is 3.50. The molecular formula is C35H40Cl2N4O7. The lowest BCUT2D eigenvalue weighted by molar-refractivity contribution is -0.186. The molecule has 1 saturated heterocycles. The summed E-state index contributed by atoms with van der Waals surface area (Å²) in [4.78, 5) is 43.5. The van der Waals surface area contributed by atoms with Crippen molar-refractivity contribution in [3.05, 3.63) is 81.5 Å². The van der Waals surface area contributed by atoms with Crippen molar-refractivity contribution in [2.45, 2.75) is 76.8 Å². The summed E-state index contributed by atoms with van der Waals surface area (Å²) < 4.78 is 23.6. The molecular weight excluding hydrogens is 659 g/mol. The van der Waals surface area contributed by atoms with Crippen LogP contribution in [-0.2, 0) is 14.2 Å². The van der Waals surface area contributed by atoms with Crippen molar-refractivity contribution in [3.63, 3.8) is 0 Å². The highest BCUT2D eigenvalue weighted by atomic mass is 35.5. The van der Waals surface area contributed by atoms with Gasteiger partial charge in [-0.3, -0.25) is 9.59 Å². The maximum Gasteiger partial charge on any atom is 0.407 e. The van der Waals surface area contributed by atoms with Crippen LogP contribution in [0.3, 0.4) is 0 Å². The van der Waals surface area contributed by atoms with E-state index in [4.69, 9.17) is 42.1 Å². The molecule has 3 aromatic rings. The monoisotopic (exact) mass is 698 g/mol. The molecule has 3 N–H and O–H groups in total. The molecule has 2 aromatic carbocycles. The third-order valence-corrected chi connectivity index (χ3v) is 8.47. The maximum atomic E-state index is 13.9. The zero-order valence-corrected chi connectivity index (χ0v) is 28.9. The van der Waals surface area contributed by atoms with E-state index >= 15 is 0 Å². The lowest BCUT2D eigenvalue weighted by Crippen LogP contribution is -2.38. The van der Waals surface area contributed by atoms with Gasteiger partial charge in [0.05, 0.1) is 41.2 Å². The quantitative estimate of drug-likeness (QED) is 0.208. The van der Waals surface area contributed by atoms with Gasteiger partial charge in [0.2, 0.25) is 0 Å². The highest BCUT2D eigenvalue weighted by molar-refractivity contribution is 6.31. The predicted octanol–water partition coefficient (Wildman–Crippen LogP) is 7.59. The molecule has 2 aliphatic rings. The van der Waals surface area contributed by atoms with Crippen LogP contribution in [0, 0.1) is 0 Å². The molecule has 13 heteroatoms. The van der Waals surface area contributed by atoms with Crippen molar-refractivity contribution >= 4 is 52.6 Å².